The van der Waals surface area contributed by atoms with E-state index in [0.29, 0.717) is 5.92 Å². The Kier molecular flexibility index (Phi) is 4.32. The molecule has 5 heteroatoms. The Labute approximate surface area is 114 Å². The number of likely N-dealkylation sites (tertiary alicyclic amines) is 1. The molecule has 0 bridgehead atoms. The van der Waals surface area contributed by atoms with Crippen molar-refractivity contribution in [3.05, 3.63) is 0 Å². The molecule has 2 rings (SSSR count). The molecule has 0 aromatic heterocycles. The van der Waals surface area contributed by atoms with E-state index in [1.54, 1.807) is 0 Å². The van der Waals surface area contributed by atoms with E-state index in [1.165, 1.54) is 6.42 Å². The first kappa shape index (κ1) is 14.2. The summed E-state index contributed by atoms with van der Waals surface area (Å²) in [6.45, 7) is 3.82. The Morgan fingerprint density at radius 2 is 2.11 bits per heavy atom. The molecule has 0 radical (unpaired) electrons. The van der Waals surface area contributed by atoms with Crippen LogP contribution in [0.1, 0.15) is 51.9 Å². The van der Waals surface area contributed by atoms with Crippen molar-refractivity contribution in [3.63, 3.8) is 0 Å². The number of carbonyl (C=O) groups is 1. The lowest BCUT2D eigenvalue weighted by molar-refractivity contribution is -0.140. The molecule has 1 saturated heterocycles. The second-order valence-corrected chi connectivity index (χ2v) is 5.94. The van der Waals surface area contributed by atoms with Crippen LogP contribution in [0.4, 0.5) is 0 Å². The molecule has 19 heavy (non-hydrogen) atoms. The molecule has 1 atom stereocenters. The van der Waals surface area contributed by atoms with Crippen molar-refractivity contribution in [2.24, 2.45) is 22.2 Å². The van der Waals surface area contributed by atoms with E-state index >= 15 is 0 Å². The van der Waals surface area contributed by atoms with Gasteiger partial charge in [-0.25, -0.2) is 0 Å². The molecule has 1 saturated carbocycles. The second kappa shape index (κ2) is 5.80. The number of hydrogen-bond acceptors (Lipinski definition) is 3. The van der Waals surface area contributed by atoms with Crippen molar-refractivity contribution in [1.29, 1.82) is 0 Å². The molecule has 2 fully saturated rings. The van der Waals surface area contributed by atoms with Gasteiger partial charge in [0.1, 0.15) is 5.41 Å². The van der Waals surface area contributed by atoms with Gasteiger partial charge >= 0.3 is 0 Å². The van der Waals surface area contributed by atoms with Gasteiger partial charge in [0, 0.05) is 13.1 Å². The van der Waals surface area contributed by atoms with Gasteiger partial charge in [0.15, 0.2) is 5.84 Å². The van der Waals surface area contributed by atoms with Gasteiger partial charge in [-0.15, -0.1) is 0 Å². The topological polar surface area (TPSA) is 78.9 Å². The fraction of sp³-hybridized carbons (Fsp3) is 0.857. The summed E-state index contributed by atoms with van der Waals surface area (Å²) in [5.74, 6) is 0.788. The van der Waals surface area contributed by atoms with Crippen molar-refractivity contribution >= 4 is 11.7 Å². The minimum atomic E-state index is -0.732. The Morgan fingerprint density at radius 3 is 2.68 bits per heavy atom. The van der Waals surface area contributed by atoms with Gasteiger partial charge in [-0.1, -0.05) is 31.3 Å². The SMILES string of the molecule is CCC1CCCN(C(=O)C2(C(N)=NO)CCCC2)C1. The summed E-state index contributed by atoms with van der Waals surface area (Å²) in [6.07, 6.45) is 6.78. The van der Waals surface area contributed by atoms with Gasteiger partial charge in [0.25, 0.3) is 0 Å². The van der Waals surface area contributed by atoms with Gasteiger partial charge in [0.2, 0.25) is 5.91 Å². The summed E-state index contributed by atoms with van der Waals surface area (Å²) in [6, 6.07) is 0. The molecular formula is C14H25N3O2. The highest BCUT2D eigenvalue weighted by Crippen LogP contribution is 2.40. The Morgan fingerprint density at radius 1 is 1.42 bits per heavy atom. The number of amides is 1. The molecule has 3 N–H and O–H groups in total. The lowest BCUT2D eigenvalue weighted by atomic mass is 9.82. The van der Waals surface area contributed by atoms with Gasteiger partial charge in [0.05, 0.1) is 0 Å². The number of rotatable bonds is 3. The minimum absolute atomic E-state index is 0.0819. The maximum absolute atomic E-state index is 12.8. The first-order valence-corrected chi connectivity index (χ1v) is 7.41. The molecular weight excluding hydrogens is 242 g/mol. The Hall–Kier alpha value is -1.26. The number of carbonyl (C=O) groups excluding carboxylic acids is 1. The van der Waals surface area contributed by atoms with Crippen LogP contribution in [0.3, 0.4) is 0 Å². The van der Waals surface area contributed by atoms with Gasteiger partial charge < -0.3 is 15.8 Å². The standard InChI is InChI=1S/C14H25N3O2/c1-2-11-6-5-9-17(10-11)13(18)14(12(15)16-19)7-3-4-8-14/h11,19H,2-10H2,1H3,(H2,15,16). The summed E-state index contributed by atoms with van der Waals surface area (Å²) in [7, 11) is 0. The summed E-state index contributed by atoms with van der Waals surface area (Å²) < 4.78 is 0. The monoisotopic (exact) mass is 267 g/mol. The zero-order valence-corrected chi connectivity index (χ0v) is 11.8. The van der Waals surface area contributed by atoms with Gasteiger partial charge in [-0.3, -0.25) is 4.79 Å². The highest BCUT2D eigenvalue weighted by Gasteiger charge is 2.47. The summed E-state index contributed by atoms with van der Waals surface area (Å²) in [5, 5.41) is 12.1. The summed E-state index contributed by atoms with van der Waals surface area (Å²) in [5.41, 5.74) is 5.11. The van der Waals surface area contributed by atoms with Crippen LogP contribution in [0.5, 0.6) is 0 Å². The van der Waals surface area contributed by atoms with Crippen LogP contribution in [-0.4, -0.2) is 34.9 Å². The number of amidine groups is 1. The Bertz CT molecular complexity index is 362. The van der Waals surface area contributed by atoms with Gasteiger partial charge in [-0.05, 0) is 31.6 Å². The van der Waals surface area contributed by atoms with E-state index in [0.717, 1.165) is 51.6 Å². The largest absolute Gasteiger partial charge is 0.409 e. The molecule has 1 aliphatic heterocycles. The van der Waals surface area contributed by atoms with Crippen molar-refractivity contribution in [1.82, 2.24) is 4.90 Å². The second-order valence-electron chi connectivity index (χ2n) is 5.94. The molecule has 1 unspecified atom stereocenters. The van der Waals surface area contributed by atoms with Gasteiger partial charge in [-0.2, -0.15) is 0 Å². The fourth-order valence-corrected chi connectivity index (χ4v) is 3.54. The number of nitrogens with zero attached hydrogens (tertiary/aromatic N) is 2. The van der Waals surface area contributed by atoms with Crippen LogP contribution in [-0.2, 0) is 4.79 Å². The highest BCUT2D eigenvalue weighted by molar-refractivity contribution is 6.07. The summed E-state index contributed by atoms with van der Waals surface area (Å²) >= 11 is 0. The zero-order valence-electron chi connectivity index (χ0n) is 11.8. The quantitative estimate of drug-likeness (QED) is 0.355. The maximum atomic E-state index is 12.8. The molecule has 1 aliphatic carbocycles. The molecule has 2 aliphatic rings. The van der Waals surface area contributed by atoms with Crippen LogP contribution >= 0.6 is 0 Å². The maximum Gasteiger partial charge on any atom is 0.236 e. The Balaban J connectivity index is 2.16. The van der Waals surface area contributed by atoms with E-state index in [1.807, 2.05) is 4.90 Å². The third kappa shape index (κ3) is 2.55. The van der Waals surface area contributed by atoms with E-state index < -0.39 is 5.41 Å². The van der Waals surface area contributed by atoms with Crippen LogP contribution < -0.4 is 5.73 Å². The average molecular weight is 267 g/mol. The third-order valence-electron chi connectivity index (χ3n) is 4.85. The lowest BCUT2D eigenvalue weighted by Crippen LogP contribution is -2.52. The highest BCUT2D eigenvalue weighted by atomic mass is 16.4. The zero-order chi connectivity index (χ0) is 13.9. The van der Waals surface area contributed by atoms with Crippen molar-refractivity contribution < 1.29 is 10.0 Å². The van der Waals surface area contributed by atoms with Crippen LogP contribution in [0.2, 0.25) is 0 Å². The van der Waals surface area contributed by atoms with Crippen molar-refractivity contribution in [3.8, 4) is 0 Å². The predicted molar refractivity (Wildman–Crippen MR) is 73.9 cm³/mol. The van der Waals surface area contributed by atoms with E-state index in [-0.39, 0.29) is 11.7 Å². The van der Waals surface area contributed by atoms with E-state index in [9.17, 15) is 4.79 Å². The first-order valence-electron chi connectivity index (χ1n) is 7.41. The van der Waals surface area contributed by atoms with Crippen molar-refractivity contribution in [2.45, 2.75) is 51.9 Å². The molecule has 0 aromatic carbocycles. The molecule has 1 heterocycles. The first-order chi connectivity index (χ1) is 9.14. The fourth-order valence-electron chi connectivity index (χ4n) is 3.54. The normalized spacial score (nSPS) is 27.5. The predicted octanol–water partition coefficient (Wildman–Crippen LogP) is 1.94. The molecule has 108 valence electrons. The number of hydrogen-bond donors (Lipinski definition) is 2. The molecule has 1 amide bonds. The van der Waals surface area contributed by atoms with Crippen LogP contribution in [0, 0.1) is 11.3 Å². The lowest BCUT2D eigenvalue weighted by Gasteiger charge is -2.38. The molecule has 5 nitrogen and oxygen atoms in total. The van der Waals surface area contributed by atoms with E-state index in [4.69, 9.17) is 10.9 Å². The smallest absolute Gasteiger partial charge is 0.236 e. The van der Waals surface area contributed by atoms with Crippen LogP contribution in [0.25, 0.3) is 0 Å². The number of nitrogens with two attached hydrogens (primary N) is 1. The third-order valence-corrected chi connectivity index (χ3v) is 4.85. The molecule has 0 spiro atoms. The minimum Gasteiger partial charge on any atom is -0.409 e. The summed E-state index contributed by atoms with van der Waals surface area (Å²) in [4.78, 5) is 14.8. The van der Waals surface area contributed by atoms with Crippen molar-refractivity contribution in [2.75, 3.05) is 13.1 Å². The van der Waals surface area contributed by atoms with Crippen LogP contribution in [0.15, 0.2) is 5.16 Å². The number of oxime groups is 1. The van der Waals surface area contributed by atoms with E-state index in [2.05, 4.69) is 12.1 Å². The number of piperidine rings is 1. The molecule has 0 aromatic rings. The average Bonchev–Trinajstić information content (AvgIpc) is 2.96.